The molecule has 186 valence electrons. The molecule has 7 nitrogen and oxygen atoms in total. The molecule has 0 fully saturated rings. The molecule has 2 rings (SSSR count). The van der Waals surface area contributed by atoms with Crippen LogP contribution < -0.4 is 9.62 Å². The summed E-state index contributed by atoms with van der Waals surface area (Å²) in [5.41, 5.74) is 4.17. The van der Waals surface area contributed by atoms with Crippen molar-refractivity contribution >= 4 is 27.5 Å². The zero-order chi connectivity index (χ0) is 25.5. The quantitative estimate of drug-likeness (QED) is 0.490. The second-order valence-corrected chi connectivity index (χ2v) is 10.8. The van der Waals surface area contributed by atoms with Gasteiger partial charge in [-0.2, -0.15) is 0 Å². The molecule has 0 aromatic heterocycles. The molecule has 0 spiro atoms. The third-order valence-corrected chi connectivity index (χ3v) is 6.90. The lowest BCUT2D eigenvalue weighted by Crippen LogP contribution is -2.51. The van der Waals surface area contributed by atoms with Gasteiger partial charge >= 0.3 is 0 Å². The highest BCUT2D eigenvalue weighted by Gasteiger charge is 2.30. The van der Waals surface area contributed by atoms with Crippen LogP contribution in [0.2, 0.25) is 0 Å². The van der Waals surface area contributed by atoms with E-state index in [4.69, 9.17) is 0 Å². The molecule has 2 aromatic rings. The van der Waals surface area contributed by atoms with Crippen molar-refractivity contribution in [3.8, 4) is 0 Å². The standard InChI is InChI=1S/C26H37N3O4S/c1-7-8-15-27-26(31)22(5)28(17-23-12-9-19(2)10-13-23)25(30)18-29(34(6,32)33)24-14-11-20(3)16-21(24)4/h9-14,16,22H,7-8,15,17-18H2,1-6H3,(H,27,31)/t22-/m0/s1. The van der Waals surface area contributed by atoms with Gasteiger partial charge in [-0.15, -0.1) is 0 Å². The van der Waals surface area contributed by atoms with Gasteiger partial charge in [-0.1, -0.05) is 60.9 Å². The molecule has 2 amide bonds. The van der Waals surface area contributed by atoms with Crippen LogP contribution in [-0.2, 0) is 26.2 Å². The molecular formula is C26H37N3O4S. The fourth-order valence-corrected chi connectivity index (χ4v) is 4.60. The first-order chi connectivity index (χ1) is 15.9. The SMILES string of the molecule is CCCCNC(=O)[C@H](C)N(Cc1ccc(C)cc1)C(=O)CN(c1ccc(C)cc1C)S(C)(=O)=O. The third-order valence-electron chi connectivity index (χ3n) is 5.77. The summed E-state index contributed by atoms with van der Waals surface area (Å²) in [7, 11) is -3.74. The summed E-state index contributed by atoms with van der Waals surface area (Å²) in [5, 5.41) is 2.88. The minimum atomic E-state index is -3.74. The van der Waals surface area contributed by atoms with Crippen LogP contribution in [0.15, 0.2) is 42.5 Å². The van der Waals surface area contributed by atoms with E-state index in [1.165, 1.54) is 4.90 Å². The molecule has 0 saturated carbocycles. The summed E-state index contributed by atoms with van der Waals surface area (Å²) >= 11 is 0. The second-order valence-electron chi connectivity index (χ2n) is 8.89. The summed E-state index contributed by atoms with van der Waals surface area (Å²) in [4.78, 5) is 27.8. The van der Waals surface area contributed by atoms with Gasteiger partial charge in [0.15, 0.2) is 0 Å². The minimum Gasteiger partial charge on any atom is -0.354 e. The molecule has 8 heteroatoms. The fraction of sp³-hybridized carbons (Fsp3) is 0.462. The fourth-order valence-electron chi connectivity index (χ4n) is 3.69. The van der Waals surface area contributed by atoms with Crippen molar-refractivity contribution in [3.05, 3.63) is 64.7 Å². The maximum absolute atomic E-state index is 13.5. The molecule has 0 radical (unpaired) electrons. The first-order valence-electron chi connectivity index (χ1n) is 11.6. The van der Waals surface area contributed by atoms with E-state index in [0.717, 1.165) is 45.7 Å². The Hall–Kier alpha value is -2.87. The van der Waals surface area contributed by atoms with Crippen molar-refractivity contribution < 1.29 is 18.0 Å². The van der Waals surface area contributed by atoms with E-state index in [1.54, 1.807) is 13.0 Å². The summed E-state index contributed by atoms with van der Waals surface area (Å²) in [5.74, 6) is -0.699. The van der Waals surface area contributed by atoms with E-state index < -0.39 is 22.0 Å². The van der Waals surface area contributed by atoms with Crippen LogP contribution in [0.25, 0.3) is 0 Å². The van der Waals surface area contributed by atoms with Crippen molar-refractivity contribution in [2.45, 2.75) is 60.0 Å². The van der Waals surface area contributed by atoms with Gasteiger partial charge in [-0.25, -0.2) is 8.42 Å². The van der Waals surface area contributed by atoms with Gasteiger partial charge in [-0.05, 0) is 51.3 Å². The summed E-state index contributed by atoms with van der Waals surface area (Å²) in [6, 6.07) is 12.4. The Balaban J connectivity index is 2.37. The predicted octanol–water partition coefficient (Wildman–Crippen LogP) is 3.71. The number of aryl methyl sites for hydroxylation is 3. The van der Waals surface area contributed by atoms with Gasteiger partial charge in [0, 0.05) is 13.1 Å². The van der Waals surface area contributed by atoms with Gasteiger partial charge in [-0.3, -0.25) is 13.9 Å². The van der Waals surface area contributed by atoms with Gasteiger partial charge in [0.1, 0.15) is 12.6 Å². The third kappa shape index (κ3) is 7.58. The van der Waals surface area contributed by atoms with Crippen molar-refractivity contribution in [1.82, 2.24) is 10.2 Å². The average molecular weight is 488 g/mol. The molecule has 2 aromatic carbocycles. The predicted molar refractivity (Wildman–Crippen MR) is 137 cm³/mol. The molecule has 0 bridgehead atoms. The number of carbonyl (C=O) groups excluding carboxylic acids is 2. The number of hydrogen-bond donors (Lipinski definition) is 1. The first-order valence-corrected chi connectivity index (χ1v) is 13.5. The smallest absolute Gasteiger partial charge is 0.244 e. The van der Waals surface area contributed by atoms with Crippen LogP contribution in [0, 0.1) is 20.8 Å². The highest BCUT2D eigenvalue weighted by Crippen LogP contribution is 2.24. The Morgan fingerprint density at radius 1 is 1.00 bits per heavy atom. The molecule has 0 aliphatic carbocycles. The zero-order valence-electron chi connectivity index (χ0n) is 21.1. The summed E-state index contributed by atoms with van der Waals surface area (Å²) < 4.78 is 26.5. The van der Waals surface area contributed by atoms with Crippen LogP contribution in [0.1, 0.15) is 48.9 Å². The molecule has 1 N–H and O–H groups in total. The van der Waals surface area contributed by atoms with Crippen LogP contribution >= 0.6 is 0 Å². The van der Waals surface area contributed by atoms with E-state index in [1.807, 2.05) is 64.1 Å². The molecular weight excluding hydrogens is 450 g/mol. The Labute approximate surface area is 204 Å². The van der Waals surface area contributed by atoms with Gasteiger partial charge in [0.25, 0.3) is 0 Å². The van der Waals surface area contributed by atoms with Crippen LogP contribution in [0.4, 0.5) is 5.69 Å². The largest absolute Gasteiger partial charge is 0.354 e. The Bertz CT molecular complexity index is 1100. The number of nitrogens with one attached hydrogen (secondary N) is 1. The molecule has 34 heavy (non-hydrogen) atoms. The zero-order valence-corrected chi connectivity index (χ0v) is 21.9. The van der Waals surface area contributed by atoms with Crippen LogP contribution in [0.5, 0.6) is 0 Å². The number of nitrogens with zero attached hydrogens (tertiary/aromatic N) is 2. The molecule has 0 aliphatic heterocycles. The maximum Gasteiger partial charge on any atom is 0.244 e. The van der Waals surface area contributed by atoms with Crippen molar-refractivity contribution in [1.29, 1.82) is 0 Å². The topological polar surface area (TPSA) is 86.8 Å². The molecule has 0 aliphatic rings. The monoisotopic (exact) mass is 487 g/mol. The van der Waals surface area contributed by atoms with E-state index in [-0.39, 0.29) is 19.0 Å². The van der Waals surface area contributed by atoms with Crippen molar-refractivity contribution in [3.63, 3.8) is 0 Å². The highest BCUT2D eigenvalue weighted by atomic mass is 32.2. The number of carbonyl (C=O) groups is 2. The molecule has 1 atom stereocenters. The number of benzene rings is 2. The first kappa shape index (κ1) is 27.4. The normalized spacial score (nSPS) is 12.2. The minimum absolute atomic E-state index is 0.200. The Kier molecular flexibility index (Phi) is 9.67. The summed E-state index contributed by atoms with van der Waals surface area (Å²) in [6.45, 7) is 9.78. The summed E-state index contributed by atoms with van der Waals surface area (Å²) in [6.07, 6.45) is 2.88. The number of unbranched alkanes of at least 4 members (excludes halogenated alkanes) is 1. The van der Waals surface area contributed by atoms with Gasteiger partial charge in [0.2, 0.25) is 21.8 Å². The van der Waals surface area contributed by atoms with E-state index in [9.17, 15) is 18.0 Å². The maximum atomic E-state index is 13.5. The average Bonchev–Trinajstić information content (AvgIpc) is 2.76. The molecule has 0 unspecified atom stereocenters. The lowest BCUT2D eigenvalue weighted by molar-refractivity contribution is -0.139. The Morgan fingerprint density at radius 2 is 1.62 bits per heavy atom. The number of rotatable bonds is 11. The van der Waals surface area contributed by atoms with Gasteiger partial charge in [0.05, 0.1) is 11.9 Å². The van der Waals surface area contributed by atoms with E-state index >= 15 is 0 Å². The Morgan fingerprint density at radius 3 is 2.18 bits per heavy atom. The van der Waals surface area contributed by atoms with E-state index in [2.05, 4.69) is 5.32 Å². The van der Waals surface area contributed by atoms with Crippen molar-refractivity contribution in [2.75, 3.05) is 23.7 Å². The lowest BCUT2D eigenvalue weighted by Gasteiger charge is -2.32. The number of hydrogen-bond acceptors (Lipinski definition) is 4. The number of amides is 2. The molecule has 0 heterocycles. The van der Waals surface area contributed by atoms with Crippen molar-refractivity contribution in [2.24, 2.45) is 0 Å². The number of sulfonamides is 1. The highest BCUT2D eigenvalue weighted by molar-refractivity contribution is 7.92. The lowest BCUT2D eigenvalue weighted by atomic mass is 10.1. The van der Waals surface area contributed by atoms with Gasteiger partial charge < -0.3 is 10.2 Å². The van der Waals surface area contributed by atoms with Crippen LogP contribution in [0.3, 0.4) is 0 Å². The molecule has 0 saturated heterocycles. The van der Waals surface area contributed by atoms with Crippen LogP contribution in [-0.4, -0.2) is 50.5 Å². The number of anilines is 1. The van der Waals surface area contributed by atoms with E-state index in [0.29, 0.717) is 12.2 Å². The second kappa shape index (κ2) is 12.0.